The van der Waals surface area contributed by atoms with Gasteiger partial charge in [0.05, 0.1) is 10.6 Å². The minimum Gasteiger partial charge on any atom is -0.253 e. The molecule has 1 aromatic heterocycles. The number of aromatic nitrogens is 2. The SMILES string of the molecule is Cc1c(Cl)cccc1S(=O)(=O)Nc1nc(CSc2ccccc2)ns1. The van der Waals surface area contributed by atoms with Gasteiger partial charge in [0.25, 0.3) is 10.0 Å². The van der Waals surface area contributed by atoms with Crippen LogP contribution in [0.5, 0.6) is 0 Å². The maximum Gasteiger partial charge on any atom is 0.264 e. The Bertz CT molecular complexity index is 975. The first-order valence-corrected chi connectivity index (χ1v) is 10.9. The summed E-state index contributed by atoms with van der Waals surface area (Å²) in [6.45, 7) is 1.67. The van der Waals surface area contributed by atoms with Gasteiger partial charge in [-0.15, -0.1) is 11.8 Å². The van der Waals surface area contributed by atoms with Crippen LogP contribution in [0.15, 0.2) is 58.3 Å². The van der Waals surface area contributed by atoms with E-state index >= 15 is 0 Å². The molecule has 0 aliphatic carbocycles. The quantitative estimate of drug-likeness (QED) is 0.600. The minimum atomic E-state index is -3.75. The standard InChI is InChI=1S/C16H14ClN3O2S3/c1-11-13(17)8-5-9-14(11)25(21,22)20-16-18-15(19-24-16)10-23-12-6-3-2-4-7-12/h2-9H,10H2,1H3,(H,18,19,20). The number of halogens is 1. The fourth-order valence-corrected chi connectivity index (χ4v) is 5.23. The van der Waals surface area contributed by atoms with Gasteiger partial charge in [-0.2, -0.15) is 4.37 Å². The number of rotatable bonds is 6. The Kier molecular flexibility index (Phi) is 5.63. The molecule has 1 heterocycles. The second-order valence-electron chi connectivity index (χ2n) is 5.09. The number of benzene rings is 2. The third kappa shape index (κ3) is 4.52. The third-order valence-electron chi connectivity index (χ3n) is 3.31. The molecule has 0 aliphatic rings. The number of anilines is 1. The number of nitrogens with zero attached hydrogens (tertiary/aromatic N) is 2. The highest BCUT2D eigenvalue weighted by Crippen LogP contribution is 2.26. The maximum atomic E-state index is 12.5. The zero-order chi connectivity index (χ0) is 17.9. The normalized spacial score (nSPS) is 11.4. The van der Waals surface area contributed by atoms with Crippen LogP contribution >= 0.6 is 34.9 Å². The molecular formula is C16H14ClN3O2S3. The molecule has 3 aromatic rings. The molecule has 0 saturated carbocycles. The topological polar surface area (TPSA) is 72.0 Å². The van der Waals surface area contributed by atoms with Crippen LogP contribution in [0.25, 0.3) is 0 Å². The summed E-state index contributed by atoms with van der Waals surface area (Å²) in [4.78, 5) is 5.49. The Balaban J connectivity index is 1.71. The molecule has 0 amide bonds. The van der Waals surface area contributed by atoms with Gasteiger partial charge >= 0.3 is 0 Å². The fourth-order valence-electron chi connectivity index (χ4n) is 2.07. The first-order chi connectivity index (χ1) is 12.0. The Morgan fingerprint density at radius 3 is 2.68 bits per heavy atom. The van der Waals surface area contributed by atoms with Gasteiger partial charge < -0.3 is 0 Å². The van der Waals surface area contributed by atoms with E-state index in [0.29, 0.717) is 22.2 Å². The lowest BCUT2D eigenvalue weighted by Crippen LogP contribution is -2.14. The molecular weight excluding hydrogens is 398 g/mol. The summed E-state index contributed by atoms with van der Waals surface area (Å²) in [6.07, 6.45) is 0. The highest BCUT2D eigenvalue weighted by molar-refractivity contribution is 7.98. The molecule has 130 valence electrons. The molecule has 0 atom stereocenters. The summed E-state index contributed by atoms with van der Waals surface area (Å²) in [5, 5.41) is 0.642. The van der Waals surface area contributed by atoms with Crippen LogP contribution in [-0.4, -0.2) is 17.8 Å². The third-order valence-corrected chi connectivity index (χ3v) is 7.01. The van der Waals surface area contributed by atoms with Crippen molar-refractivity contribution in [2.45, 2.75) is 22.5 Å². The predicted molar refractivity (Wildman–Crippen MR) is 103 cm³/mol. The molecule has 5 nitrogen and oxygen atoms in total. The lowest BCUT2D eigenvalue weighted by atomic mass is 10.2. The Morgan fingerprint density at radius 1 is 1.16 bits per heavy atom. The van der Waals surface area contributed by atoms with E-state index in [1.807, 2.05) is 30.3 Å². The second kappa shape index (κ2) is 7.74. The number of hydrogen-bond acceptors (Lipinski definition) is 6. The number of hydrogen-bond donors (Lipinski definition) is 1. The van der Waals surface area contributed by atoms with Crippen molar-refractivity contribution in [2.24, 2.45) is 0 Å². The smallest absolute Gasteiger partial charge is 0.253 e. The van der Waals surface area contributed by atoms with E-state index in [1.165, 1.54) is 6.07 Å². The average Bonchev–Trinajstić information content (AvgIpc) is 3.03. The van der Waals surface area contributed by atoms with Crippen molar-refractivity contribution < 1.29 is 8.42 Å². The molecule has 9 heteroatoms. The van der Waals surface area contributed by atoms with Crippen LogP contribution in [0.4, 0.5) is 5.13 Å². The van der Waals surface area contributed by atoms with E-state index in [9.17, 15) is 8.42 Å². The molecule has 0 unspecified atom stereocenters. The zero-order valence-electron chi connectivity index (χ0n) is 13.1. The van der Waals surface area contributed by atoms with Crippen molar-refractivity contribution in [1.29, 1.82) is 0 Å². The van der Waals surface area contributed by atoms with Gasteiger partial charge in [-0.05, 0) is 36.8 Å². The molecule has 0 spiro atoms. The summed E-state index contributed by atoms with van der Waals surface area (Å²) < 4.78 is 31.7. The van der Waals surface area contributed by atoms with Gasteiger partial charge in [0.1, 0.15) is 0 Å². The summed E-state index contributed by atoms with van der Waals surface area (Å²) in [5.74, 6) is 1.15. The van der Waals surface area contributed by atoms with Gasteiger partial charge in [-0.3, -0.25) is 4.72 Å². The second-order valence-corrected chi connectivity index (χ2v) is 8.94. The van der Waals surface area contributed by atoms with E-state index in [-0.39, 0.29) is 10.0 Å². The van der Waals surface area contributed by atoms with Crippen LogP contribution in [-0.2, 0) is 15.8 Å². The molecule has 0 aliphatic heterocycles. The van der Waals surface area contributed by atoms with Crippen molar-refractivity contribution >= 4 is 50.1 Å². The van der Waals surface area contributed by atoms with E-state index in [0.717, 1.165) is 16.4 Å². The molecule has 3 rings (SSSR count). The molecule has 2 aromatic carbocycles. The monoisotopic (exact) mass is 411 g/mol. The number of nitrogens with one attached hydrogen (secondary N) is 1. The van der Waals surface area contributed by atoms with E-state index < -0.39 is 10.0 Å². The predicted octanol–water partition coefficient (Wildman–Crippen LogP) is 4.59. The molecule has 0 saturated heterocycles. The van der Waals surface area contributed by atoms with E-state index in [1.54, 1.807) is 30.8 Å². The van der Waals surface area contributed by atoms with Gasteiger partial charge in [-0.25, -0.2) is 13.4 Å². The fraction of sp³-hybridized carbons (Fsp3) is 0.125. The van der Waals surface area contributed by atoms with Gasteiger partial charge in [-0.1, -0.05) is 35.9 Å². The molecule has 1 N–H and O–H groups in total. The largest absolute Gasteiger partial charge is 0.264 e. The summed E-state index contributed by atoms with van der Waals surface area (Å²) in [6, 6.07) is 14.6. The van der Waals surface area contributed by atoms with Gasteiger partial charge in [0, 0.05) is 21.5 Å². The van der Waals surface area contributed by atoms with E-state index in [2.05, 4.69) is 14.1 Å². The number of sulfonamides is 1. The summed E-state index contributed by atoms with van der Waals surface area (Å²) in [7, 11) is -3.75. The minimum absolute atomic E-state index is 0.135. The Morgan fingerprint density at radius 2 is 1.92 bits per heavy atom. The van der Waals surface area contributed by atoms with Gasteiger partial charge in [0.15, 0.2) is 5.82 Å². The maximum absolute atomic E-state index is 12.5. The van der Waals surface area contributed by atoms with Crippen LogP contribution in [0.2, 0.25) is 5.02 Å². The first-order valence-electron chi connectivity index (χ1n) is 7.24. The highest BCUT2D eigenvalue weighted by Gasteiger charge is 2.20. The Labute approximate surface area is 159 Å². The van der Waals surface area contributed by atoms with Crippen LogP contribution in [0.1, 0.15) is 11.4 Å². The van der Waals surface area contributed by atoms with Crippen molar-refractivity contribution in [3.05, 3.63) is 64.9 Å². The molecule has 25 heavy (non-hydrogen) atoms. The average molecular weight is 412 g/mol. The lowest BCUT2D eigenvalue weighted by molar-refractivity contribution is 0.600. The first kappa shape index (κ1) is 18.2. The molecule has 0 radical (unpaired) electrons. The molecule has 0 bridgehead atoms. The highest BCUT2D eigenvalue weighted by atomic mass is 35.5. The summed E-state index contributed by atoms with van der Waals surface area (Å²) in [5.41, 5.74) is 0.501. The van der Waals surface area contributed by atoms with Crippen molar-refractivity contribution in [2.75, 3.05) is 4.72 Å². The van der Waals surface area contributed by atoms with Crippen LogP contribution in [0, 0.1) is 6.92 Å². The van der Waals surface area contributed by atoms with Crippen molar-refractivity contribution in [1.82, 2.24) is 9.36 Å². The van der Waals surface area contributed by atoms with Crippen molar-refractivity contribution in [3.8, 4) is 0 Å². The van der Waals surface area contributed by atoms with Gasteiger partial charge in [0.2, 0.25) is 5.13 Å². The van der Waals surface area contributed by atoms with Crippen LogP contribution < -0.4 is 4.72 Å². The lowest BCUT2D eigenvalue weighted by Gasteiger charge is -2.08. The summed E-state index contributed by atoms with van der Waals surface area (Å²) >= 11 is 8.62. The zero-order valence-corrected chi connectivity index (χ0v) is 16.3. The number of thioether (sulfide) groups is 1. The molecule has 0 fully saturated rings. The Hall–Kier alpha value is -1.61. The van der Waals surface area contributed by atoms with Crippen molar-refractivity contribution in [3.63, 3.8) is 0 Å². The van der Waals surface area contributed by atoms with E-state index in [4.69, 9.17) is 11.6 Å². The van der Waals surface area contributed by atoms with Crippen LogP contribution in [0.3, 0.4) is 0 Å².